The van der Waals surface area contributed by atoms with Crippen molar-refractivity contribution >= 4 is 19.6 Å². The van der Waals surface area contributed by atoms with E-state index in [9.17, 15) is 4.57 Å². The van der Waals surface area contributed by atoms with Crippen molar-refractivity contribution in [3.05, 3.63) is 11.2 Å². The number of nitrogens with zero attached hydrogens (tertiary/aromatic N) is 2. The molecular weight excluding hydrogens is 373 g/mol. The highest BCUT2D eigenvalue weighted by molar-refractivity contribution is 8.02. The molecule has 0 bridgehead atoms. The van der Waals surface area contributed by atoms with Crippen LogP contribution in [0.5, 0.6) is 0 Å². The molecule has 0 saturated carbocycles. The number of rotatable bonds is 14. The Labute approximate surface area is 163 Å². The Morgan fingerprint density at radius 3 is 2.54 bits per heavy atom. The van der Waals surface area contributed by atoms with Crippen molar-refractivity contribution in [3.8, 4) is 0 Å². The Kier molecular flexibility index (Phi) is 10.8. The standard InChI is InChI=1S/C17H37N3O4PS/c1-7-11-13-22-25(21,23-16(5)9-3)24-19-15-17(26-14-12-8-2)20(6,10-4)18-19/h15-16,18H,7-14H2,1-6H3/q+1. The van der Waals surface area contributed by atoms with E-state index in [-0.39, 0.29) is 6.10 Å². The molecule has 3 atom stereocenters. The van der Waals surface area contributed by atoms with Gasteiger partial charge in [0.25, 0.3) is 0 Å². The largest absolute Gasteiger partial charge is 0.498 e. The quantitative estimate of drug-likeness (QED) is 0.240. The second-order valence-corrected chi connectivity index (χ2v) is 9.28. The summed E-state index contributed by atoms with van der Waals surface area (Å²) in [5.74, 6) is 1.04. The van der Waals surface area contributed by atoms with Crippen LogP contribution in [-0.2, 0) is 18.2 Å². The Morgan fingerprint density at radius 2 is 1.96 bits per heavy atom. The maximum Gasteiger partial charge on any atom is 0.498 e. The number of thioether (sulfide) groups is 1. The number of phosphoric ester groups is 1. The van der Waals surface area contributed by atoms with Crippen LogP contribution < -0.4 is 5.53 Å². The fraction of sp³-hybridized carbons (Fsp3) is 0.882. The van der Waals surface area contributed by atoms with Crippen LogP contribution in [0.3, 0.4) is 0 Å². The van der Waals surface area contributed by atoms with Gasteiger partial charge in [0.05, 0.1) is 19.8 Å². The monoisotopic (exact) mass is 410 g/mol. The molecule has 0 amide bonds. The predicted molar refractivity (Wildman–Crippen MR) is 108 cm³/mol. The average molecular weight is 411 g/mol. The van der Waals surface area contributed by atoms with E-state index >= 15 is 0 Å². The first-order chi connectivity index (χ1) is 12.3. The Balaban J connectivity index is 2.83. The van der Waals surface area contributed by atoms with Gasteiger partial charge in [-0.3, -0.25) is 9.05 Å². The summed E-state index contributed by atoms with van der Waals surface area (Å²) in [5.41, 5.74) is 3.23. The molecular formula is C17H37N3O4PS+. The fourth-order valence-corrected chi connectivity index (χ4v) is 4.74. The minimum absolute atomic E-state index is 0.209. The lowest BCUT2D eigenvalue weighted by atomic mass is 10.3. The van der Waals surface area contributed by atoms with E-state index in [1.54, 1.807) is 11.8 Å². The van der Waals surface area contributed by atoms with Crippen LogP contribution in [0.15, 0.2) is 11.2 Å². The van der Waals surface area contributed by atoms with Crippen molar-refractivity contribution in [3.63, 3.8) is 0 Å². The van der Waals surface area contributed by atoms with Gasteiger partial charge in [0.2, 0.25) is 5.03 Å². The van der Waals surface area contributed by atoms with Crippen molar-refractivity contribution in [2.45, 2.75) is 72.8 Å². The molecule has 0 aromatic rings. The molecule has 26 heavy (non-hydrogen) atoms. The summed E-state index contributed by atoms with van der Waals surface area (Å²) in [6.07, 6.45) is 6.44. The summed E-state index contributed by atoms with van der Waals surface area (Å²) in [6.45, 7) is 11.4. The number of hydrogen-bond donors (Lipinski definition) is 1. The molecule has 0 aromatic carbocycles. The summed E-state index contributed by atoms with van der Waals surface area (Å²) < 4.78 is 30.4. The molecule has 0 radical (unpaired) electrons. The molecule has 0 aromatic heterocycles. The Hall–Kier alpha value is -0.0800. The average Bonchev–Trinajstić information content (AvgIpc) is 2.91. The van der Waals surface area contributed by atoms with Gasteiger partial charge < -0.3 is 0 Å². The molecule has 9 heteroatoms. The van der Waals surface area contributed by atoms with E-state index in [2.05, 4.69) is 33.4 Å². The third kappa shape index (κ3) is 7.50. The molecule has 3 unspecified atom stereocenters. The summed E-state index contributed by atoms with van der Waals surface area (Å²) in [7, 11) is -1.63. The van der Waals surface area contributed by atoms with Crippen LogP contribution >= 0.6 is 19.6 Å². The predicted octanol–water partition coefficient (Wildman–Crippen LogP) is 5.19. The number of hydroxylamine groups is 1. The zero-order valence-electron chi connectivity index (χ0n) is 17.2. The lowest BCUT2D eigenvalue weighted by Gasteiger charge is -2.30. The van der Waals surface area contributed by atoms with Crippen LogP contribution in [0.4, 0.5) is 0 Å². The highest BCUT2D eigenvalue weighted by atomic mass is 32.2. The lowest BCUT2D eigenvalue weighted by molar-refractivity contribution is -0.918. The topological polar surface area (TPSA) is 60.0 Å². The van der Waals surface area contributed by atoms with Crippen molar-refractivity contribution in [2.75, 3.05) is 26.0 Å². The highest BCUT2D eigenvalue weighted by Crippen LogP contribution is 2.52. The Bertz CT molecular complexity index is 495. The SMILES string of the molecule is CCCCOP(=O)(OC(C)CC)ON1C=C(SCCCC)[N+](C)(CC)N1. The second-order valence-electron chi connectivity index (χ2n) is 6.64. The molecule has 1 rings (SSSR count). The number of hydrazine groups is 1. The smallest absolute Gasteiger partial charge is 0.286 e. The first-order valence-electron chi connectivity index (χ1n) is 9.73. The van der Waals surface area contributed by atoms with Crippen LogP contribution in [-0.4, -0.2) is 41.8 Å². The highest BCUT2D eigenvalue weighted by Gasteiger charge is 2.41. The molecule has 0 spiro atoms. The minimum Gasteiger partial charge on any atom is -0.286 e. The maximum absolute atomic E-state index is 13.1. The molecule has 1 heterocycles. The van der Waals surface area contributed by atoms with Crippen LogP contribution in [0.1, 0.15) is 66.7 Å². The number of phosphoric acid groups is 1. The van der Waals surface area contributed by atoms with Gasteiger partial charge in [-0.15, -0.1) is 9.80 Å². The summed E-state index contributed by atoms with van der Waals surface area (Å²) in [5, 5.41) is 2.51. The first kappa shape index (κ1) is 24.0. The second kappa shape index (κ2) is 11.7. The van der Waals surface area contributed by atoms with Crippen molar-refractivity contribution < 1.29 is 22.8 Å². The molecule has 154 valence electrons. The third-order valence-electron chi connectivity index (χ3n) is 4.23. The normalized spacial score (nSPS) is 23.8. The van der Waals surface area contributed by atoms with Gasteiger partial charge in [0.15, 0.2) is 0 Å². The van der Waals surface area contributed by atoms with Crippen LogP contribution in [0, 0.1) is 0 Å². The lowest BCUT2D eigenvalue weighted by Crippen LogP contribution is -2.53. The number of quaternary nitrogens is 1. The van der Waals surface area contributed by atoms with Gasteiger partial charge in [0, 0.05) is 5.75 Å². The van der Waals surface area contributed by atoms with E-state index in [0.29, 0.717) is 11.2 Å². The third-order valence-corrected chi connectivity index (χ3v) is 7.02. The molecule has 1 aliphatic heterocycles. The Morgan fingerprint density at radius 1 is 1.27 bits per heavy atom. The fourth-order valence-electron chi connectivity index (χ4n) is 2.09. The van der Waals surface area contributed by atoms with Gasteiger partial charge in [-0.05, 0) is 38.6 Å². The number of hydrogen-bond acceptors (Lipinski definition) is 7. The van der Waals surface area contributed by atoms with Gasteiger partial charge in [-0.25, -0.2) is 4.57 Å². The molecule has 7 nitrogen and oxygen atoms in total. The molecule has 0 fully saturated rings. The maximum atomic E-state index is 13.1. The van der Waals surface area contributed by atoms with E-state index < -0.39 is 7.82 Å². The summed E-state index contributed by atoms with van der Waals surface area (Å²) in [4.78, 5) is 0. The van der Waals surface area contributed by atoms with Crippen LogP contribution in [0.25, 0.3) is 0 Å². The van der Waals surface area contributed by atoms with Crippen molar-refractivity contribution in [1.82, 2.24) is 10.7 Å². The van der Waals surface area contributed by atoms with Crippen molar-refractivity contribution in [1.29, 1.82) is 0 Å². The van der Waals surface area contributed by atoms with Gasteiger partial charge in [-0.2, -0.15) is 4.59 Å². The zero-order valence-corrected chi connectivity index (χ0v) is 18.9. The molecule has 1 N–H and O–H groups in total. The first-order valence-corrected chi connectivity index (χ1v) is 12.2. The van der Waals surface area contributed by atoms with Gasteiger partial charge >= 0.3 is 7.82 Å². The van der Waals surface area contributed by atoms with E-state index in [1.165, 1.54) is 5.17 Å². The molecule has 1 aliphatic rings. The van der Waals surface area contributed by atoms with Crippen LogP contribution in [0.2, 0.25) is 0 Å². The van der Waals surface area contributed by atoms with Crippen molar-refractivity contribution in [2.24, 2.45) is 0 Å². The minimum atomic E-state index is -3.70. The van der Waals surface area contributed by atoms with E-state index in [4.69, 9.17) is 13.7 Å². The van der Waals surface area contributed by atoms with E-state index in [0.717, 1.165) is 49.4 Å². The zero-order chi connectivity index (χ0) is 19.6. The number of nitrogens with one attached hydrogen (secondary N) is 1. The molecule has 0 saturated heterocycles. The molecule has 0 aliphatic carbocycles. The van der Waals surface area contributed by atoms with Gasteiger partial charge in [0.1, 0.15) is 12.7 Å². The summed E-state index contributed by atoms with van der Waals surface area (Å²) in [6, 6.07) is 0. The summed E-state index contributed by atoms with van der Waals surface area (Å²) >= 11 is 1.79. The van der Waals surface area contributed by atoms with Gasteiger partial charge in [-0.1, -0.05) is 45.4 Å². The van der Waals surface area contributed by atoms with E-state index in [1.807, 2.05) is 20.0 Å². The number of unbranched alkanes of at least 4 members (excludes halogenated alkanes) is 2.